The number of nitrogens with zero attached hydrogens (tertiary/aromatic N) is 3. The molecule has 2 heterocycles. The second-order valence-corrected chi connectivity index (χ2v) is 14.1. The van der Waals surface area contributed by atoms with Crippen LogP contribution < -0.4 is 0 Å². The lowest BCUT2D eigenvalue weighted by Crippen LogP contribution is -2.42. The highest BCUT2D eigenvalue weighted by molar-refractivity contribution is 9.10. The first-order valence-corrected chi connectivity index (χ1v) is 13.3. The van der Waals surface area contributed by atoms with Gasteiger partial charge in [-0.05, 0) is 73.0 Å². The van der Waals surface area contributed by atoms with Crippen molar-refractivity contribution in [2.45, 2.75) is 98.3 Å². The monoisotopic (exact) mass is 519 g/mol. The molecule has 1 aliphatic rings. The lowest BCUT2D eigenvalue weighted by molar-refractivity contribution is 0.125. The molecule has 0 fully saturated rings. The Balaban J connectivity index is 2.04. The van der Waals surface area contributed by atoms with E-state index >= 15 is 0 Å². The third-order valence-electron chi connectivity index (χ3n) is 9.37. The van der Waals surface area contributed by atoms with Crippen molar-refractivity contribution in [2.75, 3.05) is 0 Å². The van der Waals surface area contributed by atoms with Gasteiger partial charge >= 0.3 is 0 Å². The van der Waals surface area contributed by atoms with E-state index in [-0.39, 0.29) is 21.7 Å². The van der Waals surface area contributed by atoms with Gasteiger partial charge in [0, 0.05) is 15.3 Å². The molecule has 0 amide bonds. The highest BCUT2D eigenvalue weighted by Crippen LogP contribution is 2.62. The summed E-state index contributed by atoms with van der Waals surface area (Å²) in [7, 11) is 0. The fourth-order valence-corrected chi connectivity index (χ4v) is 6.48. The van der Waals surface area contributed by atoms with Gasteiger partial charge in [0.15, 0.2) is 0 Å². The fraction of sp³-hybridized carbons (Fsp3) is 0.533. The molecule has 4 heteroatoms. The van der Waals surface area contributed by atoms with E-state index in [9.17, 15) is 0 Å². The Kier molecular flexibility index (Phi) is 4.78. The summed E-state index contributed by atoms with van der Waals surface area (Å²) in [6.07, 6.45) is 0. The zero-order valence-corrected chi connectivity index (χ0v) is 24.2. The Bertz CT molecular complexity index is 1490. The molecular weight excluding hydrogens is 482 g/mol. The van der Waals surface area contributed by atoms with E-state index in [1.165, 1.54) is 22.2 Å². The van der Waals surface area contributed by atoms with Crippen molar-refractivity contribution in [3.8, 4) is 0 Å². The first-order valence-electron chi connectivity index (χ1n) is 12.5. The van der Waals surface area contributed by atoms with Crippen LogP contribution in [0.2, 0.25) is 0 Å². The van der Waals surface area contributed by atoms with Gasteiger partial charge in [0.25, 0.3) is 0 Å². The molecule has 0 aliphatic heterocycles. The largest absolute Gasteiger partial charge is 0.279 e. The summed E-state index contributed by atoms with van der Waals surface area (Å²) < 4.78 is 3.38. The van der Waals surface area contributed by atoms with E-state index in [0.717, 1.165) is 32.4 Å². The molecule has 0 spiro atoms. The molecule has 0 bridgehead atoms. The van der Waals surface area contributed by atoms with Gasteiger partial charge in [-0.1, -0.05) is 82.2 Å². The van der Waals surface area contributed by atoms with Crippen LogP contribution >= 0.6 is 15.9 Å². The predicted octanol–water partition coefficient (Wildman–Crippen LogP) is 8.81. The van der Waals surface area contributed by atoms with Crippen LogP contribution in [0, 0.1) is 5.41 Å². The number of benzene rings is 2. The van der Waals surface area contributed by atoms with E-state index in [0.29, 0.717) is 5.92 Å². The van der Waals surface area contributed by atoms with Crippen LogP contribution in [-0.2, 0) is 16.2 Å². The van der Waals surface area contributed by atoms with Crippen LogP contribution in [-0.4, -0.2) is 14.4 Å². The molecule has 0 radical (unpaired) electrons. The number of fused-ring (bicyclic) bond motifs is 6. The zero-order valence-electron chi connectivity index (χ0n) is 22.6. The van der Waals surface area contributed by atoms with Gasteiger partial charge in [-0.15, -0.1) is 0 Å². The van der Waals surface area contributed by atoms with Crippen LogP contribution in [0.1, 0.15) is 105 Å². The first-order chi connectivity index (χ1) is 15.5. The zero-order chi connectivity index (χ0) is 25.2. The van der Waals surface area contributed by atoms with Crippen molar-refractivity contribution in [3.63, 3.8) is 0 Å². The van der Waals surface area contributed by atoms with Crippen LogP contribution in [0.25, 0.3) is 27.6 Å². The maximum Gasteiger partial charge on any atom is 0.149 e. The molecule has 34 heavy (non-hydrogen) atoms. The highest BCUT2D eigenvalue weighted by atomic mass is 79.9. The minimum Gasteiger partial charge on any atom is -0.279 e. The first kappa shape index (κ1) is 23.8. The van der Waals surface area contributed by atoms with Crippen molar-refractivity contribution < 1.29 is 0 Å². The normalized spacial score (nSPS) is 19.0. The van der Waals surface area contributed by atoms with Gasteiger partial charge in [-0.2, -0.15) is 0 Å². The van der Waals surface area contributed by atoms with Crippen molar-refractivity contribution in [3.05, 3.63) is 51.3 Å². The van der Waals surface area contributed by atoms with Gasteiger partial charge in [0.2, 0.25) is 0 Å². The van der Waals surface area contributed by atoms with Crippen LogP contribution in [0.4, 0.5) is 0 Å². The van der Waals surface area contributed by atoms with Crippen LogP contribution in [0.15, 0.2) is 28.7 Å². The number of halogens is 1. The number of hydrogen-bond acceptors (Lipinski definition) is 2. The maximum atomic E-state index is 5.34. The summed E-state index contributed by atoms with van der Waals surface area (Å²) in [6, 6.07) is 9.16. The Morgan fingerprint density at radius 2 is 1.47 bits per heavy atom. The molecule has 0 unspecified atom stereocenters. The molecular formula is C30H38BrN3. The second-order valence-electron chi connectivity index (χ2n) is 13.2. The fourth-order valence-electron chi connectivity index (χ4n) is 6.06. The minimum atomic E-state index is -0.138. The lowest BCUT2D eigenvalue weighted by atomic mass is 9.59. The topological polar surface area (TPSA) is 30.2 Å². The summed E-state index contributed by atoms with van der Waals surface area (Å²) in [5, 5.41) is 1.16. The molecule has 180 valence electrons. The quantitative estimate of drug-likeness (QED) is 0.251. The molecule has 0 N–H and O–H groups in total. The second kappa shape index (κ2) is 6.84. The molecule has 1 aliphatic carbocycles. The van der Waals surface area contributed by atoms with E-state index in [4.69, 9.17) is 9.97 Å². The van der Waals surface area contributed by atoms with Gasteiger partial charge in [0.05, 0.1) is 16.6 Å². The van der Waals surface area contributed by atoms with Crippen molar-refractivity contribution in [2.24, 2.45) is 5.41 Å². The third-order valence-corrected chi connectivity index (χ3v) is 10.0. The summed E-state index contributed by atoms with van der Waals surface area (Å²) in [5.41, 5.74) is 8.50. The smallest absolute Gasteiger partial charge is 0.149 e. The Morgan fingerprint density at radius 1 is 0.882 bits per heavy atom. The molecule has 0 saturated carbocycles. The molecule has 0 atom stereocenters. The molecule has 2 aromatic heterocycles. The van der Waals surface area contributed by atoms with Crippen molar-refractivity contribution >= 4 is 43.5 Å². The third kappa shape index (κ3) is 2.81. The number of rotatable bonds is 1. The van der Waals surface area contributed by atoms with Gasteiger partial charge in [-0.3, -0.25) is 4.40 Å². The minimum absolute atomic E-state index is 0.0441. The molecule has 0 saturated heterocycles. The lowest BCUT2D eigenvalue weighted by Gasteiger charge is -2.44. The molecule has 3 nitrogen and oxygen atoms in total. The van der Waals surface area contributed by atoms with E-state index < -0.39 is 0 Å². The molecule has 5 rings (SSSR count). The average molecular weight is 521 g/mol. The molecule has 4 aromatic rings. The summed E-state index contributed by atoms with van der Waals surface area (Å²) in [4.78, 5) is 10.6. The van der Waals surface area contributed by atoms with E-state index in [2.05, 4.69) is 121 Å². The van der Waals surface area contributed by atoms with Gasteiger partial charge < -0.3 is 0 Å². The predicted molar refractivity (Wildman–Crippen MR) is 148 cm³/mol. The average Bonchev–Trinajstić information content (AvgIpc) is 3.13. The van der Waals surface area contributed by atoms with Gasteiger partial charge in [-0.25, -0.2) is 9.97 Å². The van der Waals surface area contributed by atoms with E-state index in [1.54, 1.807) is 0 Å². The summed E-state index contributed by atoms with van der Waals surface area (Å²) >= 11 is 3.80. The molecule has 2 aromatic carbocycles. The van der Waals surface area contributed by atoms with Crippen molar-refractivity contribution in [1.82, 2.24) is 14.4 Å². The Hall–Kier alpha value is -1.94. The van der Waals surface area contributed by atoms with Crippen LogP contribution in [0.3, 0.4) is 0 Å². The number of hydrogen-bond donors (Lipinski definition) is 0. The van der Waals surface area contributed by atoms with Crippen molar-refractivity contribution in [1.29, 1.82) is 0 Å². The SMILES string of the molecule is CC(C)c1ccc(Br)c2nc(C(C)(C)C)n3c4cc5c(cc4nc3c12)C(C)(C)C(C)(C)C5(C)C. The standard InChI is InChI=1S/C30H38BrN3/c1-16(2)17-12-13-20(31)24-23(17)25-32-21-14-18-19(29(8,9)30(10,11)28(18,6)7)15-22(21)34(25)26(33-24)27(3,4)5/h12-16H,1-11H3. The number of imidazole rings is 1. The summed E-state index contributed by atoms with van der Waals surface area (Å²) in [5.74, 6) is 1.43. The Morgan fingerprint density at radius 3 is 2.03 bits per heavy atom. The summed E-state index contributed by atoms with van der Waals surface area (Å²) in [6.45, 7) is 25.7. The highest BCUT2D eigenvalue weighted by Gasteiger charge is 2.57. The van der Waals surface area contributed by atoms with Gasteiger partial charge in [0.1, 0.15) is 11.5 Å². The van der Waals surface area contributed by atoms with E-state index in [1.807, 2.05) is 0 Å². The maximum absolute atomic E-state index is 5.34. The number of aromatic nitrogens is 3. The van der Waals surface area contributed by atoms with Crippen LogP contribution in [0.5, 0.6) is 0 Å². The Labute approximate surface area is 212 Å².